The van der Waals surface area contributed by atoms with Gasteiger partial charge < -0.3 is 20.3 Å². The summed E-state index contributed by atoms with van der Waals surface area (Å²) in [6.45, 7) is 0. The highest BCUT2D eigenvalue weighted by molar-refractivity contribution is 7.09. The number of amides is 1. The van der Waals surface area contributed by atoms with Crippen LogP contribution in [-0.4, -0.2) is 22.0 Å². The summed E-state index contributed by atoms with van der Waals surface area (Å²) in [7, 11) is 0. The standard InChI is InChI=1S/C13H12N2O4S/c16-10-3-1-8(2-4-10)14-11(17)6-12-15-9(7-20-12)5-13(18)19/h1-4,7,16H,5-6H2,(H,14,17)(H,18,19)/p-1. The molecule has 0 radical (unpaired) electrons. The number of aliphatic carboxylic acids is 1. The number of phenolic OH excluding ortho intramolecular Hbond substituents is 1. The molecule has 0 aliphatic carbocycles. The third kappa shape index (κ3) is 4.06. The van der Waals surface area contributed by atoms with E-state index in [2.05, 4.69) is 10.3 Å². The van der Waals surface area contributed by atoms with E-state index in [1.54, 1.807) is 17.5 Å². The van der Waals surface area contributed by atoms with Gasteiger partial charge in [-0.15, -0.1) is 11.3 Å². The van der Waals surface area contributed by atoms with Gasteiger partial charge in [0.2, 0.25) is 5.91 Å². The molecule has 0 atom stereocenters. The van der Waals surface area contributed by atoms with E-state index >= 15 is 0 Å². The van der Waals surface area contributed by atoms with E-state index in [0.29, 0.717) is 16.4 Å². The Bertz CT molecular complexity index is 622. The number of aromatic hydroxyl groups is 1. The van der Waals surface area contributed by atoms with Gasteiger partial charge in [0.25, 0.3) is 0 Å². The molecule has 0 unspecified atom stereocenters. The quantitative estimate of drug-likeness (QED) is 0.772. The maximum atomic E-state index is 11.8. The fourth-order valence-corrected chi connectivity index (χ4v) is 2.34. The predicted molar refractivity (Wildman–Crippen MR) is 71.3 cm³/mol. The Labute approximate surface area is 118 Å². The zero-order valence-electron chi connectivity index (χ0n) is 10.3. The molecule has 2 aromatic rings. The molecule has 0 spiro atoms. The number of benzene rings is 1. The minimum absolute atomic E-state index is 0.0680. The lowest BCUT2D eigenvalue weighted by Gasteiger charge is -2.03. The average molecular weight is 291 g/mol. The van der Waals surface area contributed by atoms with Crippen molar-refractivity contribution in [3.63, 3.8) is 0 Å². The van der Waals surface area contributed by atoms with E-state index in [-0.39, 0.29) is 24.5 Å². The van der Waals surface area contributed by atoms with E-state index in [1.807, 2.05) is 0 Å². The van der Waals surface area contributed by atoms with Gasteiger partial charge in [-0.3, -0.25) is 4.79 Å². The Morgan fingerprint density at radius 1 is 1.25 bits per heavy atom. The molecule has 20 heavy (non-hydrogen) atoms. The van der Waals surface area contributed by atoms with Gasteiger partial charge in [-0.1, -0.05) is 0 Å². The first-order valence-corrected chi connectivity index (χ1v) is 6.63. The number of hydrogen-bond acceptors (Lipinski definition) is 6. The lowest BCUT2D eigenvalue weighted by molar-refractivity contribution is -0.304. The number of anilines is 1. The molecule has 1 aromatic heterocycles. The normalized spacial score (nSPS) is 10.2. The Kier molecular flexibility index (Phi) is 4.31. The summed E-state index contributed by atoms with van der Waals surface area (Å²) in [6, 6.07) is 6.10. The van der Waals surface area contributed by atoms with Crippen molar-refractivity contribution in [2.75, 3.05) is 5.32 Å². The highest BCUT2D eigenvalue weighted by Gasteiger charge is 2.08. The van der Waals surface area contributed by atoms with Gasteiger partial charge >= 0.3 is 0 Å². The largest absolute Gasteiger partial charge is 0.550 e. The fourth-order valence-electron chi connectivity index (χ4n) is 1.55. The van der Waals surface area contributed by atoms with E-state index in [0.717, 1.165) is 0 Å². The summed E-state index contributed by atoms with van der Waals surface area (Å²) in [5, 5.41) is 24.3. The summed E-state index contributed by atoms with van der Waals surface area (Å²) in [5.74, 6) is -1.34. The van der Waals surface area contributed by atoms with Crippen molar-refractivity contribution in [1.29, 1.82) is 0 Å². The van der Waals surface area contributed by atoms with E-state index in [4.69, 9.17) is 5.11 Å². The van der Waals surface area contributed by atoms with Crippen LogP contribution in [0.1, 0.15) is 10.7 Å². The first-order valence-electron chi connectivity index (χ1n) is 5.75. The number of carbonyl (C=O) groups excluding carboxylic acids is 2. The van der Waals surface area contributed by atoms with Gasteiger partial charge in [0.1, 0.15) is 10.8 Å². The van der Waals surface area contributed by atoms with E-state index < -0.39 is 5.97 Å². The number of aromatic nitrogens is 1. The number of hydrogen-bond donors (Lipinski definition) is 2. The minimum Gasteiger partial charge on any atom is -0.550 e. The van der Waals surface area contributed by atoms with Crippen LogP contribution >= 0.6 is 11.3 Å². The number of rotatable bonds is 5. The molecule has 1 heterocycles. The zero-order chi connectivity index (χ0) is 14.5. The molecule has 0 saturated carbocycles. The molecule has 0 saturated heterocycles. The lowest BCUT2D eigenvalue weighted by atomic mass is 10.3. The second kappa shape index (κ2) is 6.16. The Morgan fingerprint density at radius 2 is 1.95 bits per heavy atom. The third-order valence-electron chi connectivity index (χ3n) is 2.39. The Morgan fingerprint density at radius 3 is 2.60 bits per heavy atom. The van der Waals surface area contributed by atoms with E-state index in [9.17, 15) is 14.7 Å². The molecule has 1 aromatic carbocycles. The van der Waals surface area contributed by atoms with Crippen LogP contribution < -0.4 is 10.4 Å². The Balaban J connectivity index is 1.92. The van der Waals surface area contributed by atoms with Crippen LogP contribution in [0.4, 0.5) is 5.69 Å². The smallest absolute Gasteiger partial charge is 0.231 e. The summed E-state index contributed by atoms with van der Waals surface area (Å²) >= 11 is 1.23. The first kappa shape index (κ1) is 14.0. The number of thiazole rings is 1. The Hall–Kier alpha value is -2.41. The first-order chi connectivity index (χ1) is 9.52. The average Bonchev–Trinajstić information content (AvgIpc) is 2.78. The van der Waals surface area contributed by atoms with Crippen molar-refractivity contribution in [1.82, 2.24) is 4.98 Å². The topological polar surface area (TPSA) is 102 Å². The van der Waals surface area contributed by atoms with Crippen LogP contribution in [0.3, 0.4) is 0 Å². The van der Waals surface area contributed by atoms with Crippen LogP contribution in [0, 0.1) is 0 Å². The minimum atomic E-state index is -1.20. The molecular weight excluding hydrogens is 280 g/mol. The summed E-state index contributed by atoms with van der Waals surface area (Å²) in [6.07, 6.45) is -0.186. The molecule has 0 fully saturated rings. The van der Waals surface area contributed by atoms with Gasteiger partial charge in [-0.25, -0.2) is 4.98 Å². The molecule has 2 rings (SSSR count). The third-order valence-corrected chi connectivity index (χ3v) is 3.29. The van der Waals surface area contributed by atoms with Gasteiger partial charge in [0.05, 0.1) is 12.1 Å². The van der Waals surface area contributed by atoms with Crippen molar-refractivity contribution in [2.45, 2.75) is 12.8 Å². The SMILES string of the molecule is O=C([O-])Cc1csc(CC(=O)Nc2ccc(O)cc2)n1. The van der Waals surface area contributed by atoms with E-state index in [1.165, 1.54) is 23.5 Å². The number of carboxylic acids is 1. The van der Waals surface area contributed by atoms with Crippen LogP contribution in [0.15, 0.2) is 29.6 Å². The molecule has 2 N–H and O–H groups in total. The van der Waals surface area contributed by atoms with Crippen LogP contribution in [0.2, 0.25) is 0 Å². The molecule has 0 aliphatic heterocycles. The monoisotopic (exact) mass is 291 g/mol. The number of phenols is 1. The van der Waals surface area contributed by atoms with Crippen molar-refractivity contribution in [2.24, 2.45) is 0 Å². The van der Waals surface area contributed by atoms with Crippen LogP contribution in [0.25, 0.3) is 0 Å². The zero-order valence-corrected chi connectivity index (χ0v) is 11.1. The van der Waals surface area contributed by atoms with Crippen molar-refractivity contribution < 1.29 is 19.8 Å². The number of nitrogens with zero attached hydrogens (tertiary/aromatic N) is 1. The fraction of sp³-hybridized carbons (Fsp3) is 0.154. The highest BCUT2D eigenvalue weighted by Crippen LogP contribution is 2.15. The number of carbonyl (C=O) groups is 2. The second-order valence-corrected chi connectivity index (χ2v) is 5.00. The number of nitrogens with one attached hydrogen (secondary N) is 1. The molecule has 7 heteroatoms. The van der Waals surface area contributed by atoms with Gasteiger partial charge in [0, 0.05) is 23.5 Å². The van der Waals surface area contributed by atoms with Crippen molar-refractivity contribution in [3.8, 4) is 5.75 Å². The molecule has 104 valence electrons. The molecular formula is C13H11N2O4S-. The van der Waals surface area contributed by atoms with Crippen molar-refractivity contribution in [3.05, 3.63) is 40.3 Å². The predicted octanol–water partition coefficient (Wildman–Crippen LogP) is 0.322. The summed E-state index contributed by atoms with van der Waals surface area (Å²) in [4.78, 5) is 26.2. The molecule has 0 bridgehead atoms. The maximum absolute atomic E-state index is 11.8. The highest BCUT2D eigenvalue weighted by atomic mass is 32.1. The van der Waals surface area contributed by atoms with Crippen LogP contribution in [-0.2, 0) is 22.4 Å². The summed E-state index contributed by atoms with van der Waals surface area (Å²) in [5.41, 5.74) is 0.960. The summed E-state index contributed by atoms with van der Waals surface area (Å²) < 4.78 is 0. The van der Waals surface area contributed by atoms with Crippen molar-refractivity contribution >= 4 is 28.9 Å². The molecule has 6 nitrogen and oxygen atoms in total. The molecule has 1 amide bonds. The molecule has 0 aliphatic rings. The van der Waals surface area contributed by atoms with Gasteiger partial charge in [-0.2, -0.15) is 0 Å². The lowest BCUT2D eigenvalue weighted by Crippen LogP contribution is -2.24. The number of carboxylic acid groups (broad SMARTS) is 1. The second-order valence-electron chi connectivity index (χ2n) is 4.05. The van der Waals surface area contributed by atoms with Gasteiger partial charge in [0.15, 0.2) is 0 Å². The van der Waals surface area contributed by atoms with Crippen LogP contribution in [0.5, 0.6) is 5.75 Å². The van der Waals surface area contributed by atoms with Gasteiger partial charge in [-0.05, 0) is 24.3 Å². The maximum Gasteiger partial charge on any atom is 0.231 e.